The maximum Gasteiger partial charge on any atom is 0.243 e. The van der Waals surface area contributed by atoms with Gasteiger partial charge in [0.1, 0.15) is 11.6 Å². The predicted octanol–water partition coefficient (Wildman–Crippen LogP) is 2.86. The molecule has 23 heavy (non-hydrogen) atoms. The van der Waals surface area contributed by atoms with Crippen LogP contribution < -0.4 is 0 Å². The quantitative estimate of drug-likeness (QED) is 0.845. The van der Waals surface area contributed by atoms with Gasteiger partial charge in [0.05, 0.1) is 17.1 Å². The third kappa shape index (κ3) is 3.03. The van der Waals surface area contributed by atoms with Crippen LogP contribution in [0.5, 0.6) is 0 Å². The summed E-state index contributed by atoms with van der Waals surface area (Å²) in [5.74, 6) is 0.903. The van der Waals surface area contributed by atoms with Gasteiger partial charge in [0, 0.05) is 18.4 Å². The number of halogens is 1. The highest BCUT2D eigenvalue weighted by atomic mass is 32.2. The van der Waals surface area contributed by atoms with E-state index in [4.69, 9.17) is 4.42 Å². The molecule has 2 heterocycles. The van der Waals surface area contributed by atoms with Crippen LogP contribution >= 0.6 is 0 Å². The molecular formula is C16H19FN2O3S. The van der Waals surface area contributed by atoms with Crippen molar-refractivity contribution in [2.45, 2.75) is 44.0 Å². The summed E-state index contributed by atoms with van der Waals surface area (Å²) in [7, 11) is -3.66. The fourth-order valence-electron chi connectivity index (χ4n) is 2.46. The first-order chi connectivity index (χ1) is 10.7. The van der Waals surface area contributed by atoms with Crippen LogP contribution in [-0.2, 0) is 28.4 Å². The van der Waals surface area contributed by atoms with Crippen LogP contribution in [0, 0.1) is 5.82 Å². The molecule has 0 aliphatic carbocycles. The average Bonchev–Trinajstić information content (AvgIpc) is 2.91. The summed E-state index contributed by atoms with van der Waals surface area (Å²) in [4.78, 5) is 4.55. The number of oxazole rings is 1. The zero-order chi connectivity index (χ0) is 16.8. The van der Waals surface area contributed by atoms with Crippen molar-refractivity contribution in [2.24, 2.45) is 0 Å². The molecule has 3 rings (SSSR count). The first-order valence-electron chi connectivity index (χ1n) is 7.43. The zero-order valence-electron chi connectivity index (χ0n) is 13.3. The highest BCUT2D eigenvalue weighted by molar-refractivity contribution is 7.89. The van der Waals surface area contributed by atoms with E-state index in [1.165, 1.54) is 16.4 Å². The van der Waals surface area contributed by atoms with Gasteiger partial charge in [-0.25, -0.2) is 17.8 Å². The van der Waals surface area contributed by atoms with Crippen molar-refractivity contribution in [3.05, 3.63) is 47.4 Å². The lowest BCUT2D eigenvalue weighted by molar-refractivity contribution is 0.338. The van der Waals surface area contributed by atoms with Gasteiger partial charge < -0.3 is 4.42 Å². The molecule has 0 spiro atoms. The Balaban J connectivity index is 1.89. The standard InChI is InChI=1S/C16H19FN2O3S/c1-16(2,3)15-18-13-10-19(9-8-14(13)22-15)23(20,21)12-6-4-11(17)5-7-12/h4-7H,8-10H2,1-3H3. The smallest absolute Gasteiger partial charge is 0.243 e. The molecule has 0 saturated heterocycles. The molecule has 2 aromatic rings. The van der Waals surface area contributed by atoms with Crippen LogP contribution in [0.4, 0.5) is 4.39 Å². The number of benzene rings is 1. The topological polar surface area (TPSA) is 63.4 Å². The fourth-order valence-corrected chi connectivity index (χ4v) is 3.86. The third-order valence-corrected chi connectivity index (χ3v) is 5.65. The monoisotopic (exact) mass is 338 g/mol. The normalized spacial score (nSPS) is 16.3. The molecule has 1 aliphatic heterocycles. The highest BCUT2D eigenvalue weighted by Crippen LogP contribution is 2.29. The maximum absolute atomic E-state index is 13.0. The molecule has 1 aromatic heterocycles. The van der Waals surface area contributed by atoms with Crippen LogP contribution in [-0.4, -0.2) is 24.3 Å². The summed E-state index contributed by atoms with van der Waals surface area (Å²) < 4.78 is 45.4. The molecule has 5 nitrogen and oxygen atoms in total. The third-order valence-electron chi connectivity index (χ3n) is 3.79. The largest absolute Gasteiger partial charge is 0.445 e. The van der Waals surface area contributed by atoms with Gasteiger partial charge >= 0.3 is 0 Å². The lowest BCUT2D eigenvalue weighted by Crippen LogP contribution is -2.35. The second kappa shape index (κ2) is 5.42. The lowest BCUT2D eigenvalue weighted by Gasteiger charge is -2.24. The second-order valence-corrected chi connectivity index (χ2v) is 8.62. The van der Waals surface area contributed by atoms with Crippen molar-refractivity contribution >= 4 is 10.0 Å². The van der Waals surface area contributed by atoms with Crippen molar-refractivity contribution in [2.75, 3.05) is 6.54 Å². The van der Waals surface area contributed by atoms with Gasteiger partial charge in [0.15, 0.2) is 5.89 Å². The van der Waals surface area contributed by atoms with E-state index >= 15 is 0 Å². The number of fused-ring (bicyclic) bond motifs is 1. The molecule has 0 saturated carbocycles. The van der Waals surface area contributed by atoms with Gasteiger partial charge in [-0.15, -0.1) is 0 Å². The molecule has 0 amide bonds. The minimum atomic E-state index is -3.66. The van der Waals surface area contributed by atoms with Crippen molar-refractivity contribution in [1.82, 2.24) is 9.29 Å². The zero-order valence-corrected chi connectivity index (χ0v) is 14.2. The molecule has 0 fully saturated rings. The minimum Gasteiger partial charge on any atom is -0.445 e. The Kier molecular flexibility index (Phi) is 3.80. The minimum absolute atomic E-state index is 0.0851. The van der Waals surface area contributed by atoms with Crippen LogP contribution in [0.15, 0.2) is 33.6 Å². The predicted molar refractivity (Wildman–Crippen MR) is 82.9 cm³/mol. The van der Waals surface area contributed by atoms with Crippen LogP contribution in [0.2, 0.25) is 0 Å². The fraction of sp³-hybridized carbons (Fsp3) is 0.438. The van der Waals surface area contributed by atoms with Crippen molar-refractivity contribution in [3.63, 3.8) is 0 Å². The molecule has 0 unspecified atom stereocenters. The Morgan fingerprint density at radius 2 is 1.87 bits per heavy atom. The van der Waals surface area contributed by atoms with E-state index in [0.29, 0.717) is 24.6 Å². The summed E-state index contributed by atoms with van der Waals surface area (Å²) in [5, 5.41) is 0. The van der Waals surface area contributed by atoms with E-state index in [1.807, 2.05) is 20.8 Å². The summed E-state index contributed by atoms with van der Waals surface area (Å²) in [6.45, 7) is 6.49. The lowest BCUT2D eigenvalue weighted by atomic mass is 9.97. The van der Waals surface area contributed by atoms with Crippen LogP contribution in [0.25, 0.3) is 0 Å². The van der Waals surface area contributed by atoms with E-state index in [2.05, 4.69) is 4.98 Å². The van der Waals surface area contributed by atoms with Crippen molar-refractivity contribution in [1.29, 1.82) is 0 Å². The van der Waals surface area contributed by atoms with Crippen LogP contribution in [0.1, 0.15) is 38.1 Å². The molecule has 124 valence electrons. The number of sulfonamides is 1. The summed E-state index contributed by atoms with van der Waals surface area (Å²) in [5.41, 5.74) is 0.435. The van der Waals surface area contributed by atoms with E-state index in [0.717, 1.165) is 17.9 Å². The van der Waals surface area contributed by atoms with Crippen LogP contribution in [0.3, 0.4) is 0 Å². The second-order valence-electron chi connectivity index (χ2n) is 6.68. The Bertz CT molecular complexity index is 820. The van der Waals surface area contributed by atoms with Gasteiger partial charge in [0.2, 0.25) is 10.0 Å². The molecule has 1 aliphatic rings. The van der Waals surface area contributed by atoms with E-state index in [9.17, 15) is 12.8 Å². The van der Waals surface area contributed by atoms with E-state index < -0.39 is 15.8 Å². The highest BCUT2D eigenvalue weighted by Gasteiger charge is 2.33. The van der Waals surface area contributed by atoms with Gasteiger partial charge in [-0.2, -0.15) is 4.31 Å². The molecule has 7 heteroatoms. The Morgan fingerprint density at radius 1 is 1.22 bits per heavy atom. The Hall–Kier alpha value is -1.73. The van der Waals surface area contributed by atoms with Gasteiger partial charge in [0.25, 0.3) is 0 Å². The maximum atomic E-state index is 13.0. The summed E-state index contributed by atoms with van der Waals surface area (Å²) in [6, 6.07) is 4.86. The number of hydrogen-bond acceptors (Lipinski definition) is 4. The molecule has 0 bridgehead atoms. The first-order valence-corrected chi connectivity index (χ1v) is 8.87. The molecule has 0 radical (unpaired) electrons. The average molecular weight is 338 g/mol. The summed E-state index contributed by atoms with van der Waals surface area (Å²) in [6.07, 6.45) is 0.485. The first kappa shape index (κ1) is 16.1. The Labute approximate surface area is 135 Å². The Morgan fingerprint density at radius 3 is 2.48 bits per heavy atom. The SMILES string of the molecule is CC(C)(C)c1nc2c(o1)CCN(S(=O)(=O)c1ccc(F)cc1)C2. The molecular weight excluding hydrogens is 319 g/mol. The van der Waals surface area contributed by atoms with E-state index in [-0.39, 0.29) is 16.9 Å². The summed E-state index contributed by atoms with van der Waals surface area (Å²) >= 11 is 0. The van der Waals surface area contributed by atoms with E-state index in [1.54, 1.807) is 0 Å². The van der Waals surface area contributed by atoms with Gasteiger partial charge in [-0.1, -0.05) is 20.8 Å². The number of hydrogen-bond donors (Lipinski definition) is 0. The number of nitrogens with zero attached hydrogens (tertiary/aromatic N) is 2. The van der Waals surface area contributed by atoms with Gasteiger partial charge in [-0.3, -0.25) is 0 Å². The molecule has 0 N–H and O–H groups in total. The number of rotatable bonds is 2. The number of aromatic nitrogens is 1. The van der Waals surface area contributed by atoms with Crippen molar-refractivity contribution < 1.29 is 17.2 Å². The van der Waals surface area contributed by atoms with Gasteiger partial charge in [-0.05, 0) is 24.3 Å². The van der Waals surface area contributed by atoms with Crippen molar-refractivity contribution in [3.8, 4) is 0 Å². The molecule has 0 atom stereocenters. The molecule has 1 aromatic carbocycles.